The molecule has 0 aromatic rings. The third-order valence-corrected chi connectivity index (χ3v) is 1.18. The van der Waals surface area contributed by atoms with Crippen molar-refractivity contribution in [3.8, 4) is 0 Å². The summed E-state index contributed by atoms with van der Waals surface area (Å²) in [5, 5.41) is 0. The van der Waals surface area contributed by atoms with Gasteiger partial charge < -0.3 is 4.90 Å². The summed E-state index contributed by atoms with van der Waals surface area (Å²) < 4.78 is 0. The molecule has 1 rings (SSSR count). The van der Waals surface area contributed by atoms with Crippen LogP contribution in [0.4, 0.5) is 0 Å². The molecule has 10 heavy (non-hydrogen) atoms. The number of allylic oxidation sites excluding steroid dienone is 3. The first kappa shape index (κ1) is 9.75. The molecule has 0 aliphatic carbocycles. The zero-order valence-corrected chi connectivity index (χ0v) is 8.36. The average molecular weight is 249 g/mol. The summed E-state index contributed by atoms with van der Waals surface area (Å²) in [7, 11) is 0. The van der Waals surface area contributed by atoms with Crippen LogP contribution < -0.4 is 0 Å². The van der Waals surface area contributed by atoms with Gasteiger partial charge in [0.2, 0.25) is 0 Å². The molecular formula is C8H12IN. The molecule has 56 valence electrons. The van der Waals surface area contributed by atoms with Crippen LogP contribution in [0.2, 0.25) is 0 Å². The van der Waals surface area contributed by atoms with Crippen LogP contribution in [0.5, 0.6) is 0 Å². The standard InChI is InChI=1S/C8H11N.HI/c1-2-6-9-7-4-3-5-8-9;/h2-7H,8H2,1H3;1H. The molecule has 0 amide bonds. The molecule has 2 heteroatoms. The van der Waals surface area contributed by atoms with Crippen LogP contribution in [0, 0.1) is 0 Å². The summed E-state index contributed by atoms with van der Waals surface area (Å²) in [5.74, 6) is 0. The molecule has 0 saturated heterocycles. The number of rotatable bonds is 1. The lowest BCUT2D eigenvalue weighted by molar-refractivity contribution is 0.559. The van der Waals surface area contributed by atoms with Gasteiger partial charge in [-0.1, -0.05) is 18.2 Å². The topological polar surface area (TPSA) is 3.24 Å². The third kappa shape index (κ3) is 3.06. The van der Waals surface area contributed by atoms with Crippen LogP contribution >= 0.6 is 24.0 Å². The molecule has 1 heterocycles. The highest BCUT2D eigenvalue weighted by Crippen LogP contribution is 1.97. The highest BCUT2D eigenvalue weighted by Gasteiger charge is 1.90. The number of hydrogen-bond acceptors (Lipinski definition) is 1. The predicted molar refractivity (Wildman–Crippen MR) is 55.2 cm³/mol. The summed E-state index contributed by atoms with van der Waals surface area (Å²) in [6.45, 7) is 3.02. The molecule has 0 fully saturated rings. The number of halogens is 1. The average Bonchev–Trinajstić information content (AvgIpc) is 1.91. The van der Waals surface area contributed by atoms with E-state index in [1.807, 2.05) is 19.1 Å². The Kier molecular flexibility index (Phi) is 5.39. The predicted octanol–water partition coefficient (Wildman–Crippen LogP) is 2.52. The monoisotopic (exact) mass is 249 g/mol. The van der Waals surface area contributed by atoms with Gasteiger partial charge in [0.25, 0.3) is 0 Å². The van der Waals surface area contributed by atoms with Crippen molar-refractivity contribution in [1.82, 2.24) is 4.90 Å². The minimum absolute atomic E-state index is 0. The summed E-state index contributed by atoms with van der Waals surface area (Å²) in [6, 6.07) is 0. The molecule has 0 aromatic carbocycles. The highest BCUT2D eigenvalue weighted by molar-refractivity contribution is 14.0. The van der Waals surface area contributed by atoms with E-state index in [1.165, 1.54) is 0 Å². The van der Waals surface area contributed by atoms with E-state index in [0.29, 0.717) is 0 Å². The first-order chi connectivity index (χ1) is 4.43. The van der Waals surface area contributed by atoms with E-state index in [-0.39, 0.29) is 24.0 Å². The summed E-state index contributed by atoms with van der Waals surface area (Å²) >= 11 is 0. The van der Waals surface area contributed by atoms with Crippen molar-refractivity contribution in [2.75, 3.05) is 6.54 Å². The van der Waals surface area contributed by atoms with Gasteiger partial charge in [-0.25, -0.2) is 0 Å². The SMILES string of the molecule is CC=CN1C=CC=CC1.I. The molecule has 0 unspecified atom stereocenters. The van der Waals surface area contributed by atoms with Gasteiger partial charge in [-0.2, -0.15) is 0 Å². The number of hydrogen-bond donors (Lipinski definition) is 0. The van der Waals surface area contributed by atoms with Crippen LogP contribution in [-0.4, -0.2) is 11.4 Å². The minimum Gasteiger partial charge on any atom is -0.351 e. The summed E-state index contributed by atoms with van der Waals surface area (Å²) in [4.78, 5) is 2.12. The van der Waals surface area contributed by atoms with Crippen molar-refractivity contribution in [1.29, 1.82) is 0 Å². The van der Waals surface area contributed by atoms with Crippen molar-refractivity contribution in [3.63, 3.8) is 0 Å². The molecule has 0 N–H and O–H groups in total. The molecule has 1 aliphatic heterocycles. The number of nitrogens with zero attached hydrogens (tertiary/aromatic N) is 1. The molecule has 0 bridgehead atoms. The first-order valence-electron chi connectivity index (χ1n) is 3.15. The zero-order valence-electron chi connectivity index (χ0n) is 6.03. The van der Waals surface area contributed by atoms with E-state index in [4.69, 9.17) is 0 Å². The Balaban J connectivity index is 0.000000810. The van der Waals surface area contributed by atoms with Crippen molar-refractivity contribution in [2.45, 2.75) is 6.92 Å². The maximum atomic E-state index is 2.12. The Morgan fingerprint density at radius 1 is 1.40 bits per heavy atom. The quantitative estimate of drug-likeness (QED) is 0.645. The molecule has 0 atom stereocenters. The van der Waals surface area contributed by atoms with Gasteiger partial charge in [0.1, 0.15) is 0 Å². The molecule has 1 aliphatic rings. The third-order valence-electron chi connectivity index (χ3n) is 1.18. The minimum atomic E-state index is 0. The van der Waals surface area contributed by atoms with E-state index in [0.717, 1.165) is 6.54 Å². The Morgan fingerprint density at radius 3 is 2.70 bits per heavy atom. The van der Waals surface area contributed by atoms with Gasteiger partial charge in [-0.05, 0) is 19.2 Å². The van der Waals surface area contributed by atoms with E-state index in [9.17, 15) is 0 Å². The van der Waals surface area contributed by atoms with Crippen LogP contribution in [0.15, 0.2) is 36.7 Å². The maximum Gasteiger partial charge on any atom is 0.0403 e. The van der Waals surface area contributed by atoms with E-state index < -0.39 is 0 Å². The Bertz CT molecular complexity index is 159. The fourth-order valence-corrected chi connectivity index (χ4v) is 0.784. The van der Waals surface area contributed by atoms with Gasteiger partial charge in [-0.3, -0.25) is 0 Å². The van der Waals surface area contributed by atoms with Gasteiger partial charge in [0.15, 0.2) is 0 Å². The van der Waals surface area contributed by atoms with Crippen LogP contribution in [0.1, 0.15) is 6.92 Å². The zero-order chi connectivity index (χ0) is 6.53. The van der Waals surface area contributed by atoms with Gasteiger partial charge in [0.05, 0.1) is 0 Å². The smallest absolute Gasteiger partial charge is 0.0403 e. The summed E-state index contributed by atoms with van der Waals surface area (Å²) in [6.07, 6.45) is 12.4. The lowest BCUT2D eigenvalue weighted by Gasteiger charge is -2.13. The summed E-state index contributed by atoms with van der Waals surface area (Å²) in [5.41, 5.74) is 0. The molecule has 0 aromatic heterocycles. The van der Waals surface area contributed by atoms with Crippen LogP contribution in [0.3, 0.4) is 0 Å². The fraction of sp³-hybridized carbons (Fsp3) is 0.250. The Labute approximate surface area is 79.1 Å². The second kappa shape index (κ2) is 5.53. The largest absolute Gasteiger partial charge is 0.351 e. The molecule has 0 radical (unpaired) electrons. The van der Waals surface area contributed by atoms with Crippen LogP contribution in [0.25, 0.3) is 0 Å². The molecule has 0 spiro atoms. The Hall–Kier alpha value is -0.250. The fourth-order valence-electron chi connectivity index (χ4n) is 0.784. The molecular weight excluding hydrogens is 237 g/mol. The van der Waals surface area contributed by atoms with E-state index in [1.54, 1.807) is 0 Å². The second-order valence-corrected chi connectivity index (χ2v) is 1.95. The maximum absolute atomic E-state index is 2.12. The first-order valence-corrected chi connectivity index (χ1v) is 3.15. The van der Waals surface area contributed by atoms with E-state index in [2.05, 4.69) is 29.5 Å². The normalized spacial score (nSPS) is 15.9. The van der Waals surface area contributed by atoms with Crippen molar-refractivity contribution in [3.05, 3.63) is 36.7 Å². The van der Waals surface area contributed by atoms with Gasteiger partial charge >= 0.3 is 0 Å². The van der Waals surface area contributed by atoms with Crippen LogP contribution in [-0.2, 0) is 0 Å². The molecule has 1 nitrogen and oxygen atoms in total. The van der Waals surface area contributed by atoms with Gasteiger partial charge in [-0.15, -0.1) is 24.0 Å². The van der Waals surface area contributed by atoms with Crippen molar-refractivity contribution >= 4 is 24.0 Å². The highest BCUT2D eigenvalue weighted by atomic mass is 127. The lowest BCUT2D eigenvalue weighted by atomic mass is 10.4. The van der Waals surface area contributed by atoms with Crippen molar-refractivity contribution < 1.29 is 0 Å². The van der Waals surface area contributed by atoms with E-state index >= 15 is 0 Å². The second-order valence-electron chi connectivity index (χ2n) is 1.95. The Morgan fingerprint density at radius 2 is 2.20 bits per heavy atom. The van der Waals surface area contributed by atoms with Gasteiger partial charge in [0, 0.05) is 12.7 Å². The molecule has 0 saturated carbocycles. The lowest BCUT2D eigenvalue weighted by Crippen LogP contribution is -2.10. The van der Waals surface area contributed by atoms with Crippen molar-refractivity contribution in [2.24, 2.45) is 0 Å².